The van der Waals surface area contributed by atoms with Gasteiger partial charge in [0.25, 0.3) is 0 Å². The lowest BCUT2D eigenvalue weighted by Gasteiger charge is -2.21. The molecule has 0 bridgehead atoms. The highest BCUT2D eigenvalue weighted by Crippen LogP contribution is 2.14. The molecule has 1 heterocycles. The van der Waals surface area contributed by atoms with E-state index in [-0.39, 0.29) is 6.61 Å². The third-order valence-electron chi connectivity index (χ3n) is 2.16. The molecule has 0 aromatic rings. The van der Waals surface area contributed by atoms with Gasteiger partial charge in [0.2, 0.25) is 0 Å². The Morgan fingerprint density at radius 3 is 3.00 bits per heavy atom. The Morgan fingerprint density at radius 1 is 1.60 bits per heavy atom. The zero-order valence-corrected chi connectivity index (χ0v) is 6.29. The van der Waals surface area contributed by atoms with Crippen molar-refractivity contribution in [3.63, 3.8) is 0 Å². The van der Waals surface area contributed by atoms with Gasteiger partial charge in [0.1, 0.15) is 0 Å². The van der Waals surface area contributed by atoms with Gasteiger partial charge >= 0.3 is 0 Å². The van der Waals surface area contributed by atoms with Gasteiger partial charge in [0.15, 0.2) is 0 Å². The van der Waals surface area contributed by atoms with Gasteiger partial charge in [-0.15, -0.1) is 0 Å². The molecule has 60 valence electrons. The van der Waals surface area contributed by atoms with E-state index >= 15 is 0 Å². The molecule has 0 amide bonds. The average Bonchev–Trinajstić information content (AvgIpc) is 2.36. The minimum atomic E-state index is 0.260. The van der Waals surface area contributed by atoms with Gasteiger partial charge in [0, 0.05) is 19.1 Å². The molecule has 1 fully saturated rings. The summed E-state index contributed by atoms with van der Waals surface area (Å²) < 4.78 is 0. The molecule has 0 aromatic carbocycles. The molecule has 1 aliphatic rings. The summed E-state index contributed by atoms with van der Waals surface area (Å²) in [4.78, 5) is 2.26. The Morgan fingerprint density at radius 2 is 2.40 bits per heavy atom. The molecule has 3 heteroatoms. The van der Waals surface area contributed by atoms with Crippen LogP contribution in [0.15, 0.2) is 0 Å². The van der Waals surface area contributed by atoms with Crippen molar-refractivity contribution >= 4 is 0 Å². The van der Waals surface area contributed by atoms with Gasteiger partial charge in [-0.25, -0.2) is 0 Å². The van der Waals surface area contributed by atoms with Crippen molar-refractivity contribution in [2.45, 2.75) is 18.9 Å². The predicted molar refractivity (Wildman–Crippen MR) is 40.7 cm³/mol. The van der Waals surface area contributed by atoms with E-state index in [2.05, 4.69) is 4.90 Å². The van der Waals surface area contributed by atoms with Crippen LogP contribution in [0.3, 0.4) is 0 Å². The summed E-state index contributed by atoms with van der Waals surface area (Å²) in [6.07, 6.45) is 2.44. The number of β-amino-alcohol motifs (C(OH)–C–C–N with tert-alkyl or cyclic N) is 1. The van der Waals surface area contributed by atoms with Crippen LogP contribution in [-0.2, 0) is 0 Å². The maximum Gasteiger partial charge on any atom is 0.0558 e. The molecule has 0 aromatic heterocycles. The molecule has 0 radical (unpaired) electrons. The third-order valence-corrected chi connectivity index (χ3v) is 2.16. The minimum Gasteiger partial charge on any atom is -0.395 e. The van der Waals surface area contributed by atoms with Crippen LogP contribution in [-0.4, -0.2) is 42.3 Å². The SMILES string of the molecule is NCC1CCCN1CCO. The quantitative estimate of drug-likeness (QED) is 0.556. The molecule has 1 atom stereocenters. The maximum atomic E-state index is 8.66. The maximum absolute atomic E-state index is 8.66. The zero-order chi connectivity index (χ0) is 7.40. The van der Waals surface area contributed by atoms with Gasteiger partial charge in [-0.2, -0.15) is 0 Å². The molecular formula is C7H16N2O. The lowest BCUT2D eigenvalue weighted by atomic mass is 10.2. The van der Waals surface area contributed by atoms with Crippen molar-refractivity contribution in [3.8, 4) is 0 Å². The number of rotatable bonds is 3. The van der Waals surface area contributed by atoms with Gasteiger partial charge in [-0.05, 0) is 19.4 Å². The van der Waals surface area contributed by atoms with E-state index in [1.54, 1.807) is 0 Å². The molecule has 1 aliphatic heterocycles. The van der Waals surface area contributed by atoms with Crippen molar-refractivity contribution < 1.29 is 5.11 Å². The van der Waals surface area contributed by atoms with Crippen molar-refractivity contribution in [1.29, 1.82) is 0 Å². The standard InChI is InChI=1S/C7H16N2O/c8-6-7-2-1-3-9(7)4-5-10/h7,10H,1-6,8H2. The molecule has 0 saturated carbocycles. The Kier molecular flexibility index (Phi) is 3.12. The Bertz CT molecular complexity index is 97.6. The fourth-order valence-corrected chi connectivity index (χ4v) is 1.58. The topological polar surface area (TPSA) is 49.5 Å². The minimum absolute atomic E-state index is 0.260. The van der Waals surface area contributed by atoms with Crippen molar-refractivity contribution in [2.75, 3.05) is 26.2 Å². The number of aliphatic hydroxyl groups excluding tert-OH is 1. The highest BCUT2D eigenvalue weighted by molar-refractivity contribution is 4.78. The monoisotopic (exact) mass is 144 g/mol. The molecule has 1 unspecified atom stereocenters. The van der Waals surface area contributed by atoms with Crippen LogP contribution in [0.1, 0.15) is 12.8 Å². The average molecular weight is 144 g/mol. The second-order valence-electron chi connectivity index (χ2n) is 2.79. The Balaban J connectivity index is 2.27. The van der Waals surface area contributed by atoms with Gasteiger partial charge in [-0.1, -0.05) is 0 Å². The summed E-state index contributed by atoms with van der Waals surface area (Å²) >= 11 is 0. The summed E-state index contributed by atoms with van der Waals surface area (Å²) in [6, 6.07) is 0.534. The first-order valence-corrected chi connectivity index (χ1v) is 3.93. The Hall–Kier alpha value is -0.120. The first kappa shape index (κ1) is 7.98. The van der Waals surface area contributed by atoms with Gasteiger partial charge in [0.05, 0.1) is 6.61 Å². The van der Waals surface area contributed by atoms with E-state index in [4.69, 9.17) is 10.8 Å². The van der Waals surface area contributed by atoms with Crippen LogP contribution in [0.2, 0.25) is 0 Å². The second kappa shape index (κ2) is 3.91. The highest BCUT2D eigenvalue weighted by atomic mass is 16.3. The number of nitrogens with two attached hydrogens (primary N) is 1. The third kappa shape index (κ3) is 1.68. The number of aliphatic hydroxyl groups is 1. The largest absolute Gasteiger partial charge is 0.395 e. The normalized spacial score (nSPS) is 27.6. The van der Waals surface area contributed by atoms with Crippen LogP contribution >= 0.6 is 0 Å². The van der Waals surface area contributed by atoms with Crippen LogP contribution in [0, 0.1) is 0 Å². The van der Waals surface area contributed by atoms with Gasteiger partial charge < -0.3 is 10.8 Å². The Labute approximate surface area is 61.8 Å². The lowest BCUT2D eigenvalue weighted by molar-refractivity contribution is 0.187. The summed E-state index contributed by atoms with van der Waals surface area (Å²) in [5.41, 5.74) is 5.53. The van der Waals surface area contributed by atoms with Crippen LogP contribution in [0.5, 0.6) is 0 Å². The van der Waals surface area contributed by atoms with E-state index in [0.717, 1.165) is 19.6 Å². The van der Waals surface area contributed by atoms with E-state index in [1.807, 2.05) is 0 Å². The first-order chi connectivity index (χ1) is 4.88. The van der Waals surface area contributed by atoms with Crippen LogP contribution in [0.25, 0.3) is 0 Å². The van der Waals surface area contributed by atoms with Crippen molar-refractivity contribution in [3.05, 3.63) is 0 Å². The van der Waals surface area contributed by atoms with E-state index < -0.39 is 0 Å². The van der Waals surface area contributed by atoms with Crippen LogP contribution in [0.4, 0.5) is 0 Å². The van der Waals surface area contributed by atoms with E-state index in [1.165, 1.54) is 12.8 Å². The van der Waals surface area contributed by atoms with E-state index in [9.17, 15) is 0 Å². The summed E-state index contributed by atoms with van der Waals surface area (Å²) in [7, 11) is 0. The molecule has 0 spiro atoms. The number of hydrogen-bond donors (Lipinski definition) is 2. The van der Waals surface area contributed by atoms with E-state index in [0.29, 0.717) is 6.04 Å². The summed E-state index contributed by atoms with van der Waals surface area (Å²) in [5.74, 6) is 0. The molecule has 1 saturated heterocycles. The number of nitrogens with zero attached hydrogens (tertiary/aromatic N) is 1. The van der Waals surface area contributed by atoms with Crippen molar-refractivity contribution in [2.24, 2.45) is 5.73 Å². The molecule has 10 heavy (non-hydrogen) atoms. The predicted octanol–water partition coefficient (Wildman–Crippen LogP) is -0.598. The summed E-state index contributed by atoms with van der Waals surface area (Å²) in [6.45, 7) is 2.90. The fourth-order valence-electron chi connectivity index (χ4n) is 1.58. The zero-order valence-electron chi connectivity index (χ0n) is 6.29. The lowest BCUT2D eigenvalue weighted by Crippen LogP contribution is -2.37. The fraction of sp³-hybridized carbons (Fsp3) is 1.00. The molecule has 3 N–H and O–H groups in total. The smallest absolute Gasteiger partial charge is 0.0558 e. The first-order valence-electron chi connectivity index (χ1n) is 3.93. The summed E-state index contributed by atoms with van der Waals surface area (Å²) in [5, 5.41) is 8.66. The molecule has 0 aliphatic carbocycles. The molecule has 3 nitrogen and oxygen atoms in total. The highest BCUT2D eigenvalue weighted by Gasteiger charge is 2.21. The van der Waals surface area contributed by atoms with Crippen molar-refractivity contribution in [1.82, 2.24) is 4.90 Å². The van der Waals surface area contributed by atoms with Crippen LogP contribution < -0.4 is 5.73 Å². The number of hydrogen-bond acceptors (Lipinski definition) is 3. The second-order valence-corrected chi connectivity index (χ2v) is 2.79. The molecular weight excluding hydrogens is 128 g/mol. The molecule has 1 rings (SSSR count). The number of likely N-dealkylation sites (tertiary alicyclic amines) is 1. The van der Waals surface area contributed by atoms with Gasteiger partial charge in [-0.3, -0.25) is 4.90 Å².